The van der Waals surface area contributed by atoms with Gasteiger partial charge < -0.3 is 38.5 Å². The maximum absolute atomic E-state index is 13.7. The van der Waals surface area contributed by atoms with Gasteiger partial charge in [0.25, 0.3) is 6.43 Å². The number of amidine groups is 4. The number of alkyl halides is 2. The van der Waals surface area contributed by atoms with Gasteiger partial charge >= 0.3 is 23.9 Å². The van der Waals surface area contributed by atoms with Crippen LogP contribution >= 0.6 is 80.1 Å². The van der Waals surface area contributed by atoms with Crippen LogP contribution in [0.3, 0.4) is 0 Å². The van der Waals surface area contributed by atoms with E-state index < -0.39 is 143 Å². The van der Waals surface area contributed by atoms with Gasteiger partial charge in [-0.1, -0.05) is 59.1 Å². The Morgan fingerprint density at radius 3 is 0.938 bits per heavy atom. The van der Waals surface area contributed by atoms with Crippen LogP contribution in [0.4, 0.5) is 26.3 Å². The highest BCUT2D eigenvalue weighted by Crippen LogP contribution is 2.49. The molecule has 4 aromatic carbocycles. The molecule has 3 N–H and O–H groups in total. The average molecular weight is 1980 g/mol. The third-order valence-electron chi connectivity index (χ3n) is 20.7. The second-order valence-electron chi connectivity index (χ2n) is 29.6. The fourth-order valence-electron chi connectivity index (χ4n) is 15.9. The van der Waals surface area contributed by atoms with Gasteiger partial charge in [-0.05, 0) is 66.6 Å². The summed E-state index contributed by atoms with van der Waals surface area (Å²) in [6.07, 6.45) is 8.42. The smallest absolute Gasteiger partial charge is 0.338 e. The van der Waals surface area contributed by atoms with Crippen LogP contribution < -0.4 is 14.2 Å². The van der Waals surface area contributed by atoms with Crippen molar-refractivity contribution in [2.24, 2.45) is 20.0 Å². The first-order chi connectivity index (χ1) is 60.5. The number of aliphatic imine (C=N–C) groups is 4. The Hall–Kier alpha value is -9.79. The summed E-state index contributed by atoms with van der Waals surface area (Å²) in [5.74, 6) is -2.69. The van der Waals surface area contributed by atoms with Crippen molar-refractivity contribution in [3.05, 3.63) is 250 Å². The van der Waals surface area contributed by atoms with Crippen molar-refractivity contribution < 1.29 is 98.1 Å². The second-order valence-corrected chi connectivity index (χ2v) is 41.6. The summed E-state index contributed by atoms with van der Waals surface area (Å²) >= 11 is 24.3. The zero-order valence-electron chi connectivity index (χ0n) is 68.6. The van der Waals surface area contributed by atoms with Crippen molar-refractivity contribution in [2.75, 3.05) is 86.2 Å². The summed E-state index contributed by atoms with van der Waals surface area (Å²) in [6.45, 7) is 1.57. The molecular formula is C79H77Cl3F6N16O16S8. The Morgan fingerprint density at radius 1 is 0.430 bits per heavy atom. The first kappa shape index (κ1) is 95.8. The number of rotatable bonds is 22. The number of ether oxygens (including phenoxy) is 4. The number of carbonyl (C=O) groups is 4. The molecule has 8 aromatic rings. The van der Waals surface area contributed by atoms with Crippen LogP contribution in [0.15, 0.2) is 184 Å². The van der Waals surface area contributed by atoms with Crippen LogP contribution in [0, 0.1) is 30.2 Å². The number of halogens is 9. The Kier molecular flexibility index (Phi) is 29.6. The fourth-order valence-corrected chi connectivity index (χ4v) is 22.6. The molecule has 49 heteroatoms. The number of aromatic nitrogens is 4. The minimum atomic E-state index is -4.01. The van der Waals surface area contributed by atoms with Crippen molar-refractivity contribution in [2.45, 2.75) is 87.4 Å². The number of sulfonamides is 4. The molecule has 8 atom stereocenters. The minimum Gasteiger partial charge on any atom is -0.466 e. The molecule has 0 saturated carbocycles. The molecule has 680 valence electrons. The predicted molar refractivity (Wildman–Crippen MR) is 469 cm³/mol. The van der Waals surface area contributed by atoms with E-state index in [1.54, 1.807) is 68.6 Å². The number of nitrogens with zero attached hydrogens (tertiary/aromatic N) is 13. The van der Waals surface area contributed by atoms with Crippen LogP contribution in [-0.4, -0.2) is 242 Å². The van der Waals surface area contributed by atoms with Gasteiger partial charge in [-0.15, -0.1) is 45.3 Å². The molecule has 12 heterocycles. The number of fused-ring (bicyclic) bond motifs is 4. The molecule has 4 fully saturated rings. The van der Waals surface area contributed by atoms with Crippen molar-refractivity contribution in [1.29, 1.82) is 0 Å². The van der Waals surface area contributed by atoms with Gasteiger partial charge in [-0.2, -0.15) is 4.31 Å². The van der Waals surface area contributed by atoms with Crippen molar-refractivity contribution in [1.82, 2.24) is 58.0 Å². The molecule has 32 nitrogen and oxygen atoms in total. The van der Waals surface area contributed by atoms with E-state index in [0.717, 1.165) is 47.5 Å². The third kappa shape index (κ3) is 21.6. The largest absolute Gasteiger partial charge is 0.466 e. The molecule has 0 amide bonds. The summed E-state index contributed by atoms with van der Waals surface area (Å²) in [5.41, 5.74) is 5.47. The monoisotopic (exact) mass is 1980 g/mol. The zero-order valence-corrected chi connectivity index (χ0v) is 77.4. The number of methoxy groups -OCH3 is 4. The van der Waals surface area contributed by atoms with Gasteiger partial charge in [0.05, 0.1) is 82.3 Å². The molecule has 16 rings (SSSR count). The lowest BCUT2D eigenvalue weighted by atomic mass is 9.91. The van der Waals surface area contributed by atoms with Crippen molar-refractivity contribution >= 4 is 167 Å². The van der Waals surface area contributed by atoms with Crippen LogP contribution in [-0.2, 0) is 78.2 Å². The molecule has 1 unspecified atom stereocenters. The van der Waals surface area contributed by atoms with Gasteiger partial charge in [0.1, 0.15) is 47.4 Å². The number of esters is 4. The molecule has 8 aliphatic rings. The van der Waals surface area contributed by atoms with Gasteiger partial charge in [0.15, 0.2) is 43.4 Å². The standard InChI is InChI=1S/C21H20ClF3N4O4S2.C20H21FN4O4S2.2C19H18ClFN4O4S2/c1-33-21(30)17-15-8-12(29(10-16(24)25)35(2,31)32)9-28(15)19(20-26-5-6-34-20)27-18(17)13-4-3-11(23)7-14(13)22;1-11-8-12(21)4-5-14(11)17-16(20(26)29-2)15-9-13(24-31(3,27)28)10-25(15)18(23-17)19-22-6-7-30-19;2*1-29-19(26)15-14-8-11(24-31(2,27)28)9-25(14)17(18-22-5-6-30-18)23-16(15)12-4-3-10(21)7-13(12)20/h3-7,12,16,18H,8-10H2,1-2H3;4-8,13,17,24H,9-10H2,1-3H3;2*3-7,11,16,24H,8-9H2,1-2H3/t12-,18-;13-,17-;11-,16?;11-,16-/m0011/s1. The van der Waals surface area contributed by atoms with Crippen LogP contribution in [0.25, 0.3) is 0 Å². The van der Waals surface area contributed by atoms with E-state index in [9.17, 15) is 79.2 Å². The van der Waals surface area contributed by atoms with E-state index in [-0.39, 0.29) is 76.5 Å². The molecule has 0 bridgehead atoms. The number of aryl methyl sites for hydroxylation is 1. The number of nitrogens with one attached hydrogen (secondary N) is 3. The highest BCUT2D eigenvalue weighted by atomic mass is 35.5. The molecule has 0 radical (unpaired) electrons. The van der Waals surface area contributed by atoms with Crippen LogP contribution in [0.5, 0.6) is 0 Å². The van der Waals surface area contributed by atoms with E-state index in [2.05, 4.69) is 34.1 Å². The number of hydrogen-bond acceptors (Lipinski definition) is 32. The Morgan fingerprint density at radius 2 is 0.695 bits per heavy atom. The van der Waals surface area contributed by atoms with E-state index in [1.165, 1.54) is 122 Å². The van der Waals surface area contributed by atoms with E-state index >= 15 is 0 Å². The number of carbonyl (C=O) groups excluding carboxylic acids is 4. The quantitative estimate of drug-likeness (QED) is 0.0322. The van der Waals surface area contributed by atoms with Gasteiger partial charge in [0.2, 0.25) is 40.1 Å². The second kappa shape index (κ2) is 39.5. The lowest BCUT2D eigenvalue weighted by molar-refractivity contribution is -0.137. The Bertz CT molecular complexity index is 5970. The lowest BCUT2D eigenvalue weighted by Gasteiger charge is -2.31. The Balaban J connectivity index is 0.000000146. The molecule has 128 heavy (non-hydrogen) atoms. The summed E-state index contributed by atoms with van der Waals surface area (Å²) in [7, 11) is -9.43. The van der Waals surface area contributed by atoms with E-state index in [0.29, 0.717) is 113 Å². The SMILES string of the molecule is COC(=O)C1=C2C[C@@H](NS(C)(=O)=O)CN2C(c2nccs2)=NC1c1ccc(F)cc1Cl.COC(=O)C1=C2C[C@@H](NS(C)(=O)=O)CN2C(c2nccs2)=N[C@@H]1c1ccc(F)cc1Cl.COC(=O)C1=C2C[C@H](N(CC(F)F)S(C)(=O)=O)CN2C(c2nccs2)=N[C@H]1c1ccc(F)cc1Cl.COC(=O)C1=C2C[C@H](NS(C)(=O)=O)CN2C(c2nccs2)=N[C@H]1c1ccc(F)cc1C. The topological polar surface area (TPSA) is 395 Å². The molecule has 4 saturated heterocycles. The first-order valence-corrected chi connectivity index (χ1v) is 50.3. The highest BCUT2D eigenvalue weighted by molar-refractivity contribution is 7.89. The summed E-state index contributed by atoms with van der Waals surface area (Å²) in [5, 5.41) is 9.69. The molecule has 4 aromatic heterocycles. The number of hydrogen-bond donors (Lipinski definition) is 3. The van der Waals surface area contributed by atoms with E-state index in [1.807, 2.05) is 10.3 Å². The van der Waals surface area contributed by atoms with Crippen LogP contribution in [0.1, 0.15) is 97.7 Å². The summed E-state index contributed by atoms with van der Waals surface area (Å²) in [4.78, 5) is 94.8. The predicted octanol–water partition coefficient (Wildman–Crippen LogP) is 10.6. The van der Waals surface area contributed by atoms with Gasteiger partial charge in [-0.25, -0.2) is 113 Å². The number of thiazole rings is 4. The molecule has 8 aliphatic heterocycles. The normalized spacial score (nSPS) is 21.0. The molecule has 0 spiro atoms. The molecular weight excluding hydrogens is 1910 g/mol. The minimum absolute atomic E-state index is 0.0256. The maximum atomic E-state index is 13.7. The van der Waals surface area contributed by atoms with Gasteiger partial charge in [-0.3, -0.25) is 20.0 Å². The van der Waals surface area contributed by atoms with Crippen molar-refractivity contribution in [3.8, 4) is 0 Å². The summed E-state index contributed by atoms with van der Waals surface area (Å²) < 4.78 is 206. The fraction of sp³-hybridized carbons (Fsp3) is 0.342. The zero-order chi connectivity index (χ0) is 92.5. The third-order valence-corrected chi connectivity index (χ3v) is 28.4. The summed E-state index contributed by atoms with van der Waals surface area (Å²) in [6, 6.07) is 10.0. The molecule has 0 aliphatic carbocycles. The lowest BCUT2D eigenvalue weighted by Crippen LogP contribution is -2.44. The van der Waals surface area contributed by atoms with E-state index in [4.69, 9.17) is 73.7 Å². The highest BCUT2D eigenvalue weighted by Gasteiger charge is 2.50. The number of benzene rings is 4. The van der Waals surface area contributed by atoms with Crippen molar-refractivity contribution in [3.63, 3.8) is 0 Å². The maximum Gasteiger partial charge on any atom is 0.338 e. The Labute approximate surface area is 761 Å². The van der Waals surface area contributed by atoms with Gasteiger partial charge in [0, 0.05) is 177 Å². The van der Waals surface area contributed by atoms with Crippen LogP contribution in [0.2, 0.25) is 15.1 Å². The average Bonchev–Trinajstić information content (AvgIpc) is 1.59. The first-order valence-electron chi connectivity index (χ1n) is 38.1.